The van der Waals surface area contributed by atoms with Crippen molar-refractivity contribution < 1.29 is 9.47 Å². The summed E-state index contributed by atoms with van der Waals surface area (Å²) in [5.41, 5.74) is 5.82. The minimum absolute atomic E-state index is 0.118. The number of likely N-dealkylation sites (N-methyl/N-ethyl adjacent to an activating group) is 1. The largest absolute Gasteiger partial charge is 0.385 e. The van der Waals surface area contributed by atoms with Crippen LogP contribution >= 0.6 is 0 Å². The van der Waals surface area contributed by atoms with Crippen LogP contribution in [0.3, 0.4) is 0 Å². The van der Waals surface area contributed by atoms with Gasteiger partial charge in [-0.2, -0.15) is 0 Å². The fourth-order valence-electron chi connectivity index (χ4n) is 1.39. The van der Waals surface area contributed by atoms with Gasteiger partial charge in [-0.05, 0) is 26.4 Å². The number of nitrogens with zero attached hydrogens (tertiary/aromatic N) is 1. The fraction of sp³-hybridized carbons (Fsp3) is 1.00. The van der Waals surface area contributed by atoms with Crippen molar-refractivity contribution >= 4 is 0 Å². The van der Waals surface area contributed by atoms with Crippen molar-refractivity contribution in [3.63, 3.8) is 0 Å². The molecule has 0 aliphatic carbocycles. The van der Waals surface area contributed by atoms with Crippen molar-refractivity contribution in [2.45, 2.75) is 18.9 Å². The summed E-state index contributed by atoms with van der Waals surface area (Å²) in [4.78, 5) is 2.24. The Labute approximate surface area is 87.4 Å². The molecule has 86 valence electrons. The minimum atomic E-state index is 0.118. The Bertz CT molecular complexity index is 123. The second kappa shape index (κ2) is 9.40. The summed E-state index contributed by atoms with van der Waals surface area (Å²) in [5, 5.41) is 0. The van der Waals surface area contributed by atoms with E-state index in [0.29, 0.717) is 6.61 Å². The Morgan fingerprint density at radius 1 is 1.21 bits per heavy atom. The summed E-state index contributed by atoms with van der Waals surface area (Å²) in [6, 6.07) is 0.118. The average molecular weight is 204 g/mol. The molecule has 0 spiro atoms. The molecule has 0 aromatic rings. The molecular weight excluding hydrogens is 180 g/mol. The highest BCUT2D eigenvalue weighted by Gasteiger charge is 2.05. The number of unbranched alkanes of at least 4 members (excludes halogenated alkanes) is 1. The maximum atomic E-state index is 5.82. The van der Waals surface area contributed by atoms with Gasteiger partial charge in [-0.1, -0.05) is 0 Å². The molecule has 1 atom stereocenters. The molecule has 0 aromatic carbocycles. The smallest absolute Gasteiger partial charge is 0.0626 e. The first kappa shape index (κ1) is 13.8. The Balaban J connectivity index is 3.30. The topological polar surface area (TPSA) is 47.7 Å². The minimum Gasteiger partial charge on any atom is -0.385 e. The Morgan fingerprint density at radius 3 is 2.50 bits per heavy atom. The van der Waals surface area contributed by atoms with Gasteiger partial charge in [0, 0.05) is 33.4 Å². The van der Waals surface area contributed by atoms with Gasteiger partial charge >= 0.3 is 0 Å². The Hall–Kier alpha value is -0.160. The van der Waals surface area contributed by atoms with Crippen molar-refractivity contribution in [2.24, 2.45) is 5.73 Å². The number of rotatable bonds is 9. The quantitative estimate of drug-likeness (QED) is 0.549. The fourth-order valence-corrected chi connectivity index (χ4v) is 1.39. The van der Waals surface area contributed by atoms with Gasteiger partial charge in [0.1, 0.15) is 0 Å². The second-order valence-corrected chi connectivity index (χ2v) is 3.68. The summed E-state index contributed by atoms with van der Waals surface area (Å²) in [6.45, 7) is 3.43. The van der Waals surface area contributed by atoms with E-state index in [1.807, 2.05) is 0 Å². The number of nitrogens with two attached hydrogens (primary N) is 1. The van der Waals surface area contributed by atoms with Crippen LogP contribution < -0.4 is 5.73 Å². The molecule has 0 saturated carbocycles. The maximum Gasteiger partial charge on any atom is 0.0626 e. The maximum absolute atomic E-state index is 5.82. The van der Waals surface area contributed by atoms with E-state index in [1.54, 1.807) is 14.2 Å². The lowest BCUT2D eigenvalue weighted by Gasteiger charge is -2.20. The first-order valence-electron chi connectivity index (χ1n) is 5.12. The molecule has 0 rings (SSSR count). The lowest BCUT2D eigenvalue weighted by molar-refractivity contribution is 0.157. The first-order valence-corrected chi connectivity index (χ1v) is 5.12. The van der Waals surface area contributed by atoms with E-state index < -0.39 is 0 Å². The molecule has 0 heterocycles. The molecule has 0 bridgehead atoms. The van der Waals surface area contributed by atoms with Gasteiger partial charge in [-0.3, -0.25) is 0 Å². The van der Waals surface area contributed by atoms with Gasteiger partial charge in [0.05, 0.1) is 6.61 Å². The Kier molecular flexibility index (Phi) is 9.29. The highest BCUT2D eigenvalue weighted by atomic mass is 16.5. The molecule has 1 unspecified atom stereocenters. The molecule has 14 heavy (non-hydrogen) atoms. The number of methoxy groups -OCH3 is 2. The first-order chi connectivity index (χ1) is 6.70. The normalized spacial score (nSPS) is 13.5. The van der Waals surface area contributed by atoms with Crippen molar-refractivity contribution in [3.8, 4) is 0 Å². The summed E-state index contributed by atoms with van der Waals surface area (Å²) in [6.07, 6.45) is 2.27. The third-order valence-electron chi connectivity index (χ3n) is 2.07. The zero-order valence-corrected chi connectivity index (χ0v) is 9.66. The van der Waals surface area contributed by atoms with Crippen molar-refractivity contribution in [1.82, 2.24) is 4.90 Å². The molecule has 2 N–H and O–H groups in total. The average Bonchev–Trinajstić information content (AvgIpc) is 2.13. The van der Waals surface area contributed by atoms with Gasteiger partial charge in [0.25, 0.3) is 0 Å². The summed E-state index contributed by atoms with van der Waals surface area (Å²) >= 11 is 0. The van der Waals surface area contributed by atoms with E-state index in [2.05, 4.69) is 11.9 Å². The van der Waals surface area contributed by atoms with E-state index >= 15 is 0 Å². The molecule has 0 aromatic heterocycles. The molecule has 0 radical (unpaired) electrons. The van der Waals surface area contributed by atoms with Gasteiger partial charge < -0.3 is 20.1 Å². The molecule has 0 aliphatic rings. The predicted octanol–water partition coefficient (Wildman–Crippen LogP) is 0.319. The number of hydrogen-bond donors (Lipinski definition) is 1. The summed E-state index contributed by atoms with van der Waals surface area (Å²) < 4.78 is 9.96. The van der Waals surface area contributed by atoms with Crippen LogP contribution in [-0.4, -0.2) is 58.5 Å². The molecule has 0 saturated heterocycles. The third kappa shape index (κ3) is 8.44. The molecule has 0 fully saturated rings. The molecular formula is C10H24N2O2. The van der Waals surface area contributed by atoms with E-state index in [1.165, 1.54) is 0 Å². The van der Waals surface area contributed by atoms with Crippen LogP contribution in [0, 0.1) is 0 Å². The molecule has 4 nitrogen and oxygen atoms in total. The van der Waals surface area contributed by atoms with Crippen LogP contribution in [0.5, 0.6) is 0 Å². The number of hydrogen-bond acceptors (Lipinski definition) is 4. The van der Waals surface area contributed by atoms with E-state index in [0.717, 1.165) is 32.5 Å². The van der Waals surface area contributed by atoms with Crippen LogP contribution in [0.1, 0.15) is 12.8 Å². The predicted molar refractivity (Wildman–Crippen MR) is 58.5 cm³/mol. The van der Waals surface area contributed by atoms with Crippen LogP contribution in [-0.2, 0) is 9.47 Å². The standard InChI is InChI=1S/C10H24N2O2/c1-12(6-4-5-7-13-2)8-10(11)9-14-3/h10H,4-9,11H2,1-3H3. The SMILES string of the molecule is COCCCCN(C)CC(N)COC. The van der Waals surface area contributed by atoms with Crippen molar-refractivity contribution in [1.29, 1.82) is 0 Å². The van der Waals surface area contributed by atoms with Gasteiger partial charge in [0.2, 0.25) is 0 Å². The van der Waals surface area contributed by atoms with Crippen LogP contribution in [0.25, 0.3) is 0 Å². The van der Waals surface area contributed by atoms with Crippen molar-refractivity contribution in [3.05, 3.63) is 0 Å². The van der Waals surface area contributed by atoms with Crippen LogP contribution in [0.2, 0.25) is 0 Å². The molecule has 0 amide bonds. The van der Waals surface area contributed by atoms with Gasteiger partial charge in [0.15, 0.2) is 0 Å². The number of ether oxygens (including phenoxy) is 2. The highest BCUT2D eigenvalue weighted by Crippen LogP contribution is 1.94. The highest BCUT2D eigenvalue weighted by molar-refractivity contribution is 4.64. The van der Waals surface area contributed by atoms with Gasteiger partial charge in [-0.15, -0.1) is 0 Å². The van der Waals surface area contributed by atoms with E-state index in [4.69, 9.17) is 15.2 Å². The zero-order valence-electron chi connectivity index (χ0n) is 9.66. The molecule has 0 aliphatic heterocycles. The molecule has 4 heteroatoms. The summed E-state index contributed by atoms with van der Waals surface area (Å²) in [7, 11) is 5.50. The lowest BCUT2D eigenvalue weighted by atomic mass is 10.2. The Morgan fingerprint density at radius 2 is 1.93 bits per heavy atom. The third-order valence-corrected chi connectivity index (χ3v) is 2.07. The zero-order chi connectivity index (χ0) is 10.8. The monoisotopic (exact) mass is 204 g/mol. The second-order valence-electron chi connectivity index (χ2n) is 3.68. The van der Waals surface area contributed by atoms with Crippen LogP contribution in [0.15, 0.2) is 0 Å². The van der Waals surface area contributed by atoms with E-state index in [-0.39, 0.29) is 6.04 Å². The van der Waals surface area contributed by atoms with Gasteiger partial charge in [-0.25, -0.2) is 0 Å². The summed E-state index contributed by atoms with van der Waals surface area (Å²) in [5.74, 6) is 0. The van der Waals surface area contributed by atoms with Crippen molar-refractivity contribution in [2.75, 3.05) is 47.6 Å². The van der Waals surface area contributed by atoms with E-state index in [9.17, 15) is 0 Å². The lowest BCUT2D eigenvalue weighted by Crippen LogP contribution is -2.38. The van der Waals surface area contributed by atoms with Crippen LogP contribution in [0.4, 0.5) is 0 Å².